The molecule has 17 heavy (non-hydrogen) atoms. The molecule has 1 unspecified atom stereocenters. The molecule has 0 radical (unpaired) electrons. The fourth-order valence-electron chi connectivity index (χ4n) is 1.60. The van der Waals surface area contributed by atoms with Crippen LogP contribution in [0.3, 0.4) is 0 Å². The van der Waals surface area contributed by atoms with E-state index in [1.165, 1.54) is 0 Å². The number of hydrogen-bond acceptors (Lipinski definition) is 4. The maximum Gasteiger partial charge on any atom is 0.267 e. The summed E-state index contributed by atoms with van der Waals surface area (Å²) in [6, 6.07) is -0.0761. The number of hydrogen-bond donors (Lipinski definition) is 3. The van der Waals surface area contributed by atoms with Gasteiger partial charge in [0.05, 0.1) is 0 Å². The quantitative estimate of drug-likeness (QED) is 0.621. The summed E-state index contributed by atoms with van der Waals surface area (Å²) >= 11 is 0. The molecule has 2 amide bonds. The molecule has 1 atom stereocenters. The second kappa shape index (κ2) is 6.34. The monoisotopic (exact) mass is 241 g/mol. The molecular formula is C11H19N3O3. The van der Waals surface area contributed by atoms with Crippen molar-refractivity contribution in [2.75, 3.05) is 6.61 Å². The molecule has 1 heterocycles. The Kier molecular flexibility index (Phi) is 5.09. The molecule has 0 aromatic rings. The fraction of sp³-hybridized carbons (Fsp3) is 0.727. The van der Waals surface area contributed by atoms with Gasteiger partial charge in [0, 0.05) is 25.5 Å². The van der Waals surface area contributed by atoms with Crippen LogP contribution >= 0.6 is 0 Å². The van der Waals surface area contributed by atoms with Crippen molar-refractivity contribution in [1.82, 2.24) is 10.7 Å². The van der Waals surface area contributed by atoms with Crippen molar-refractivity contribution in [3.8, 4) is 0 Å². The van der Waals surface area contributed by atoms with Gasteiger partial charge in [-0.1, -0.05) is 13.8 Å². The van der Waals surface area contributed by atoms with Gasteiger partial charge >= 0.3 is 0 Å². The fourth-order valence-corrected chi connectivity index (χ4v) is 1.60. The summed E-state index contributed by atoms with van der Waals surface area (Å²) in [5, 5.41) is 15.5. The predicted octanol–water partition coefficient (Wildman–Crippen LogP) is -0.224. The van der Waals surface area contributed by atoms with Gasteiger partial charge in [0.1, 0.15) is 5.71 Å². The lowest BCUT2D eigenvalue weighted by Gasteiger charge is -2.22. The first-order valence-electron chi connectivity index (χ1n) is 5.81. The molecule has 3 N–H and O–H groups in total. The lowest BCUT2D eigenvalue weighted by atomic mass is 10.0. The summed E-state index contributed by atoms with van der Waals surface area (Å²) in [7, 11) is 0. The van der Waals surface area contributed by atoms with Crippen LogP contribution < -0.4 is 10.7 Å². The molecule has 0 aliphatic carbocycles. The third kappa shape index (κ3) is 4.14. The van der Waals surface area contributed by atoms with Crippen molar-refractivity contribution in [1.29, 1.82) is 0 Å². The minimum absolute atomic E-state index is 0.0341. The van der Waals surface area contributed by atoms with Crippen LogP contribution in [0, 0.1) is 5.92 Å². The number of carbonyl (C=O) groups excluding carboxylic acids is 2. The summed E-state index contributed by atoms with van der Waals surface area (Å²) in [6.07, 6.45) is 1.17. The van der Waals surface area contributed by atoms with Gasteiger partial charge in [0.25, 0.3) is 5.91 Å². The average molecular weight is 241 g/mol. The van der Waals surface area contributed by atoms with Crippen LogP contribution in [0.4, 0.5) is 0 Å². The number of aliphatic hydroxyl groups excluding tert-OH is 1. The number of rotatable bonds is 5. The van der Waals surface area contributed by atoms with Crippen LogP contribution in [0.2, 0.25) is 0 Å². The van der Waals surface area contributed by atoms with Crippen molar-refractivity contribution in [3.05, 3.63) is 0 Å². The zero-order valence-electron chi connectivity index (χ0n) is 10.2. The smallest absolute Gasteiger partial charge is 0.267 e. The van der Waals surface area contributed by atoms with E-state index in [2.05, 4.69) is 15.8 Å². The molecule has 0 bridgehead atoms. The van der Waals surface area contributed by atoms with E-state index in [4.69, 9.17) is 5.11 Å². The van der Waals surface area contributed by atoms with Crippen molar-refractivity contribution in [2.24, 2.45) is 11.0 Å². The minimum Gasteiger partial charge on any atom is -0.396 e. The van der Waals surface area contributed by atoms with Crippen LogP contribution in [-0.4, -0.2) is 35.3 Å². The predicted molar refractivity (Wildman–Crippen MR) is 63.3 cm³/mol. The van der Waals surface area contributed by atoms with Crippen molar-refractivity contribution in [3.63, 3.8) is 0 Å². The van der Waals surface area contributed by atoms with Gasteiger partial charge in [-0.05, 0) is 12.3 Å². The molecule has 1 rings (SSSR count). The second-order valence-corrected chi connectivity index (χ2v) is 4.43. The highest BCUT2D eigenvalue weighted by molar-refractivity contribution is 6.39. The first-order chi connectivity index (χ1) is 8.04. The Morgan fingerprint density at radius 2 is 2.24 bits per heavy atom. The van der Waals surface area contributed by atoms with E-state index < -0.39 is 0 Å². The maximum atomic E-state index is 11.8. The second-order valence-electron chi connectivity index (χ2n) is 4.43. The summed E-state index contributed by atoms with van der Waals surface area (Å²) < 4.78 is 0. The first-order valence-corrected chi connectivity index (χ1v) is 5.81. The third-order valence-corrected chi connectivity index (χ3v) is 2.73. The van der Waals surface area contributed by atoms with Crippen molar-refractivity contribution < 1.29 is 14.7 Å². The number of aliphatic hydroxyl groups is 1. The lowest BCUT2D eigenvalue weighted by Crippen LogP contribution is -2.44. The Morgan fingerprint density at radius 3 is 2.71 bits per heavy atom. The van der Waals surface area contributed by atoms with E-state index in [0.717, 1.165) is 0 Å². The molecule has 0 saturated heterocycles. The molecule has 96 valence electrons. The van der Waals surface area contributed by atoms with Gasteiger partial charge in [-0.15, -0.1) is 0 Å². The third-order valence-electron chi connectivity index (χ3n) is 2.73. The Balaban J connectivity index is 2.55. The van der Waals surface area contributed by atoms with E-state index in [1.807, 2.05) is 13.8 Å². The zero-order chi connectivity index (χ0) is 12.8. The Morgan fingerprint density at radius 1 is 1.53 bits per heavy atom. The largest absolute Gasteiger partial charge is 0.396 e. The number of nitrogens with zero attached hydrogens (tertiary/aromatic N) is 1. The Labute approximate surface area is 100 Å². The van der Waals surface area contributed by atoms with E-state index in [1.54, 1.807) is 0 Å². The number of amides is 2. The van der Waals surface area contributed by atoms with Gasteiger partial charge < -0.3 is 10.4 Å². The van der Waals surface area contributed by atoms with E-state index in [9.17, 15) is 9.59 Å². The number of hydrazone groups is 1. The van der Waals surface area contributed by atoms with Crippen LogP contribution in [0.15, 0.2) is 5.10 Å². The summed E-state index contributed by atoms with van der Waals surface area (Å²) in [4.78, 5) is 22.7. The van der Waals surface area contributed by atoms with Gasteiger partial charge in [0.2, 0.25) is 5.91 Å². The molecule has 6 nitrogen and oxygen atoms in total. The van der Waals surface area contributed by atoms with Gasteiger partial charge in [0.15, 0.2) is 0 Å². The summed E-state index contributed by atoms with van der Waals surface area (Å²) in [5.41, 5.74) is 2.63. The molecule has 0 fully saturated rings. The molecule has 1 aliphatic rings. The highest BCUT2D eigenvalue weighted by Crippen LogP contribution is 2.07. The molecular weight excluding hydrogens is 222 g/mol. The van der Waals surface area contributed by atoms with Crippen LogP contribution in [0.5, 0.6) is 0 Å². The lowest BCUT2D eigenvalue weighted by molar-refractivity contribution is -0.121. The Bertz CT molecular complexity index is 326. The normalized spacial score (nSPS) is 17.4. The molecule has 0 saturated carbocycles. The molecule has 0 aromatic heterocycles. The molecule has 0 aromatic carbocycles. The molecule has 1 aliphatic heterocycles. The minimum atomic E-state index is -0.267. The van der Waals surface area contributed by atoms with Crippen LogP contribution in [0.1, 0.15) is 33.1 Å². The van der Waals surface area contributed by atoms with Crippen molar-refractivity contribution >= 4 is 17.5 Å². The van der Waals surface area contributed by atoms with Crippen molar-refractivity contribution in [2.45, 2.75) is 39.2 Å². The van der Waals surface area contributed by atoms with Gasteiger partial charge in [-0.2, -0.15) is 5.10 Å². The van der Waals surface area contributed by atoms with E-state index in [-0.39, 0.29) is 30.4 Å². The van der Waals surface area contributed by atoms with Crippen LogP contribution in [-0.2, 0) is 9.59 Å². The molecule has 0 spiro atoms. The van der Waals surface area contributed by atoms with E-state index in [0.29, 0.717) is 25.0 Å². The van der Waals surface area contributed by atoms with Gasteiger partial charge in [-0.25, -0.2) is 5.43 Å². The van der Waals surface area contributed by atoms with Gasteiger partial charge in [-0.3, -0.25) is 9.59 Å². The average Bonchev–Trinajstić information content (AvgIpc) is 2.29. The maximum absolute atomic E-state index is 11.8. The topological polar surface area (TPSA) is 90.8 Å². The standard InChI is InChI=1S/C11H19N3O3/c1-7(2)8(5-6-15)12-11(17)9-3-4-10(16)14-13-9/h7-8,15H,3-6H2,1-2H3,(H,12,17)(H,14,16). The zero-order valence-corrected chi connectivity index (χ0v) is 10.2. The highest BCUT2D eigenvalue weighted by Gasteiger charge is 2.22. The SMILES string of the molecule is CC(C)C(CCO)NC(=O)C1=NNC(=O)CC1. The summed E-state index contributed by atoms with van der Waals surface area (Å²) in [6.45, 7) is 3.99. The number of nitrogens with one attached hydrogen (secondary N) is 2. The Hall–Kier alpha value is -1.43. The highest BCUT2D eigenvalue weighted by atomic mass is 16.3. The van der Waals surface area contributed by atoms with E-state index >= 15 is 0 Å². The summed E-state index contributed by atoms with van der Waals surface area (Å²) in [5.74, 6) is -0.195. The first kappa shape index (κ1) is 13.6. The number of carbonyl (C=O) groups is 2. The van der Waals surface area contributed by atoms with Crippen LogP contribution in [0.25, 0.3) is 0 Å². The molecule has 6 heteroatoms.